The molecule has 0 N–H and O–H groups in total. The standard InChI is InChI=1S/C16H14F4N4S/c1-23-2-4-24(5-3-23)15-13-14(25-8-21-13)10-6-9(16(18,19)20)7-11(17)12(10)22-15/h6-8H,2-5H2,1H3. The van der Waals surface area contributed by atoms with E-state index in [1.165, 1.54) is 11.3 Å². The molecule has 1 saturated heterocycles. The molecule has 1 aliphatic heterocycles. The molecular formula is C16H14F4N4S. The number of fused-ring (bicyclic) bond motifs is 3. The first kappa shape index (κ1) is 16.5. The van der Waals surface area contributed by atoms with Gasteiger partial charge in [0.25, 0.3) is 0 Å². The van der Waals surface area contributed by atoms with Gasteiger partial charge in [-0.05, 0) is 19.2 Å². The number of anilines is 1. The molecule has 3 aromatic rings. The molecule has 0 radical (unpaired) electrons. The van der Waals surface area contributed by atoms with Gasteiger partial charge in [0.2, 0.25) is 0 Å². The minimum Gasteiger partial charge on any atom is -0.352 e. The Morgan fingerprint density at radius 1 is 1.08 bits per heavy atom. The van der Waals surface area contributed by atoms with Crippen molar-refractivity contribution in [2.24, 2.45) is 0 Å². The van der Waals surface area contributed by atoms with Gasteiger partial charge in [-0.3, -0.25) is 0 Å². The van der Waals surface area contributed by atoms with Crippen LogP contribution in [0, 0.1) is 5.82 Å². The summed E-state index contributed by atoms with van der Waals surface area (Å²) in [5.41, 5.74) is 1.03. The first-order chi connectivity index (χ1) is 11.8. The van der Waals surface area contributed by atoms with Crippen molar-refractivity contribution in [3.63, 3.8) is 0 Å². The Bertz CT molecular complexity index is 945. The summed E-state index contributed by atoms with van der Waals surface area (Å²) in [6.07, 6.45) is -4.61. The van der Waals surface area contributed by atoms with E-state index in [1.54, 1.807) is 5.51 Å². The number of alkyl halides is 3. The van der Waals surface area contributed by atoms with Crippen LogP contribution in [0.25, 0.3) is 21.1 Å². The summed E-state index contributed by atoms with van der Waals surface area (Å²) < 4.78 is 54.0. The highest BCUT2D eigenvalue weighted by Gasteiger charge is 2.32. The largest absolute Gasteiger partial charge is 0.416 e. The predicted molar refractivity (Wildman–Crippen MR) is 89.6 cm³/mol. The zero-order chi connectivity index (χ0) is 17.8. The molecule has 4 nitrogen and oxygen atoms in total. The fourth-order valence-corrected chi connectivity index (χ4v) is 3.85. The Balaban J connectivity index is 1.94. The fourth-order valence-electron chi connectivity index (χ4n) is 3.04. The summed E-state index contributed by atoms with van der Waals surface area (Å²) in [6, 6.07) is 1.47. The Kier molecular flexibility index (Phi) is 3.80. The van der Waals surface area contributed by atoms with E-state index in [0.29, 0.717) is 35.2 Å². The van der Waals surface area contributed by atoms with Gasteiger partial charge < -0.3 is 9.80 Å². The summed E-state index contributed by atoms with van der Waals surface area (Å²) in [5.74, 6) is -0.425. The molecule has 0 spiro atoms. The van der Waals surface area contributed by atoms with Gasteiger partial charge in [-0.25, -0.2) is 14.4 Å². The van der Waals surface area contributed by atoms with Crippen LogP contribution in [0.4, 0.5) is 23.4 Å². The summed E-state index contributed by atoms with van der Waals surface area (Å²) >= 11 is 1.20. The number of hydrogen-bond donors (Lipinski definition) is 0. The number of hydrogen-bond acceptors (Lipinski definition) is 5. The lowest BCUT2D eigenvalue weighted by Gasteiger charge is -2.33. The number of benzene rings is 1. The molecule has 25 heavy (non-hydrogen) atoms. The highest BCUT2D eigenvalue weighted by molar-refractivity contribution is 7.17. The number of piperazine rings is 1. The Labute approximate surface area is 144 Å². The molecule has 1 aromatic carbocycles. The van der Waals surface area contributed by atoms with E-state index in [1.807, 2.05) is 11.9 Å². The van der Waals surface area contributed by atoms with Crippen molar-refractivity contribution in [3.05, 3.63) is 29.0 Å². The van der Waals surface area contributed by atoms with Crippen molar-refractivity contribution in [2.45, 2.75) is 6.18 Å². The molecule has 0 saturated carbocycles. The van der Waals surface area contributed by atoms with Crippen LogP contribution >= 0.6 is 11.3 Å². The summed E-state index contributed by atoms with van der Waals surface area (Å²) in [4.78, 5) is 12.8. The number of likely N-dealkylation sites (N-methyl/N-ethyl adjacent to an activating group) is 1. The van der Waals surface area contributed by atoms with Gasteiger partial charge in [-0.2, -0.15) is 13.2 Å². The second-order valence-corrected chi connectivity index (χ2v) is 6.96. The van der Waals surface area contributed by atoms with Crippen molar-refractivity contribution >= 4 is 38.3 Å². The maximum atomic E-state index is 14.4. The van der Waals surface area contributed by atoms with Gasteiger partial charge in [0.1, 0.15) is 16.9 Å². The topological polar surface area (TPSA) is 32.3 Å². The van der Waals surface area contributed by atoms with Crippen LogP contribution < -0.4 is 4.90 Å². The van der Waals surface area contributed by atoms with E-state index in [0.717, 1.165) is 19.2 Å². The lowest BCUT2D eigenvalue weighted by atomic mass is 10.1. The minimum atomic E-state index is -4.61. The smallest absolute Gasteiger partial charge is 0.352 e. The molecule has 2 aromatic heterocycles. The highest BCUT2D eigenvalue weighted by Crippen LogP contribution is 2.38. The number of thiazole rings is 1. The van der Waals surface area contributed by atoms with E-state index in [9.17, 15) is 17.6 Å². The van der Waals surface area contributed by atoms with Crippen LogP contribution in [0.5, 0.6) is 0 Å². The van der Waals surface area contributed by atoms with Crippen molar-refractivity contribution < 1.29 is 17.6 Å². The summed E-state index contributed by atoms with van der Waals surface area (Å²) in [6.45, 7) is 3.09. The van der Waals surface area contributed by atoms with Gasteiger partial charge in [-0.15, -0.1) is 11.3 Å². The molecule has 0 amide bonds. The average molecular weight is 370 g/mol. The summed E-state index contributed by atoms with van der Waals surface area (Å²) in [7, 11) is 2.02. The molecule has 0 atom stereocenters. The van der Waals surface area contributed by atoms with E-state index in [2.05, 4.69) is 14.9 Å². The average Bonchev–Trinajstić information content (AvgIpc) is 3.04. The number of halogens is 4. The van der Waals surface area contributed by atoms with Crippen molar-refractivity contribution in [1.82, 2.24) is 14.9 Å². The third kappa shape index (κ3) is 2.81. The molecule has 0 unspecified atom stereocenters. The van der Waals surface area contributed by atoms with Gasteiger partial charge >= 0.3 is 6.18 Å². The minimum absolute atomic E-state index is 0.0429. The second-order valence-electron chi connectivity index (χ2n) is 6.11. The third-order valence-electron chi connectivity index (χ3n) is 4.44. The van der Waals surface area contributed by atoms with Crippen molar-refractivity contribution in [1.29, 1.82) is 0 Å². The quantitative estimate of drug-likeness (QED) is 0.611. The van der Waals surface area contributed by atoms with Gasteiger partial charge in [0.15, 0.2) is 5.82 Å². The summed E-state index contributed by atoms with van der Waals surface area (Å²) in [5, 5.41) is 0.155. The van der Waals surface area contributed by atoms with Crippen LogP contribution in [0.15, 0.2) is 17.6 Å². The fraction of sp³-hybridized carbons (Fsp3) is 0.375. The Hall–Kier alpha value is -2.00. The van der Waals surface area contributed by atoms with Gasteiger partial charge in [0.05, 0.1) is 15.8 Å². The number of aromatic nitrogens is 2. The van der Waals surface area contributed by atoms with E-state index < -0.39 is 17.6 Å². The Morgan fingerprint density at radius 2 is 1.80 bits per heavy atom. The van der Waals surface area contributed by atoms with Crippen molar-refractivity contribution in [2.75, 3.05) is 38.1 Å². The molecule has 0 aliphatic carbocycles. The van der Waals surface area contributed by atoms with Gasteiger partial charge in [-0.1, -0.05) is 0 Å². The van der Waals surface area contributed by atoms with Crippen LogP contribution in [-0.2, 0) is 6.18 Å². The lowest BCUT2D eigenvalue weighted by Crippen LogP contribution is -2.44. The van der Waals surface area contributed by atoms with E-state index in [4.69, 9.17) is 0 Å². The lowest BCUT2D eigenvalue weighted by molar-refractivity contribution is -0.137. The zero-order valence-corrected chi connectivity index (χ0v) is 14.1. The van der Waals surface area contributed by atoms with Crippen LogP contribution in [0.3, 0.4) is 0 Å². The Morgan fingerprint density at radius 3 is 2.48 bits per heavy atom. The first-order valence-electron chi connectivity index (χ1n) is 7.72. The SMILES string of the molecule is CN1CCN(c2nc3c(F)cc(C(F)(F)F)cc3c3scnc23)CC1. The predicted octanol–water partition coefficient (Wildman–Crippen LogP) is 3.75. The zero-order valence-electron chi connectivity index (χ0n) is 13.3. The van der Waals surface area contributed by atoms with E-state index in [-0.39, 0.29) is 10.9 Å². The maximum Gasteiger partial charge on any atom is 0.416 e. The molecule has 0 bridgehead atoms. The monoisotopic (exact) mass is 370 g/mol. The first-order valence-corrected chi connectivity index (χ1v) is 8.59. The number of nitrogens with zero attached hydrogens (tertiary/aromatic N) is 4. The highest BCUT2D eigenvalue weighted by atomic mass is 32.1. The number of rotatable bonds is 1. The molecular weight excluding hydrogens is 356 g/mol. The van der Waals surface area contributed by atoms with Crippen LogP contribution in [0.2, 0.25) is 0 Å². The number of pyridine rings is 1. The normalized spacial score (nSPS) is 16.9. The second kappa shape index (κ2) is 5.77. The van der Waals surface area contributed by atoms with E-state index >= 15 is 0 Å². The maximum absolute atomic E-state index is 14.4. The van der Waals surface area contributed by atoms with Crippen LogP contribution in [-0.4, -0.2) is 48.1 Å². The van der Waals surface area contributed by atoms with Crippen LogP contribution in [0.1, 0.15) is 5.56 Å². The molecule has 4 rings (SSSR count). The molecule has 3 heterocycles. The van der Waals surface area contributed by atoms with Gasteiger partial charge in [0, 0.05) is 31.6 Å². The molecule has 9 heteroatoms. The molecule has 1 fully saturated rings. The van der Waals surface area contributed by atoms with Crippen molar-refractivity contribution in [3.8, 4) is 0 Å². The molecule has 132 valence electrons. The third-order valence-corrected chi connectivity index (χ3v) is 5.29. The molecule has 1 aliphatic rings.